The molecule has 7 heteroatoms. The van der Waals surface area contributed by atoms with E-state index in [4.69, 9.17) is 14.6 Å². The first-order valence-corrected chi connectivity index (χ1v) is 6.67. The van der Waals surface area contributed by atoms with E-state index in [-0.39, 0.29) is 24.2 Å². The quantitative estimate of drug-likeness (QED) is 0.725. The molecule has 1 amide bonds. The second-order valence-corrected chi connectivity index (χ2v) is 4.71. The highest BCUT2D eigenvalue weighted by atomic mass is 16.5. The molecule has 1 rings (SSSR count). The third-order valence-corrected chi connectivity index (χ3v) is 3.15. The van der Waals surface area contributed by atoms with Gasteiger partial charge < -0.3 is 24.0 Å². The molecule has 1 aromatic rings. The van der Waals surface area contributed by atoms with Gasteiger partial charge in [0.2, 0.25) is 5.91 Å². The number of carbonyl (C=O) groups excluding carboxylic acids is 1. The Morgan fingerprint density at radius 1 is 1.38 bits per heavy atom. The maximum atomic E-state index is 12.4. The second-order valence-electron chi connectivity index (χ2n) is 4.71. The highest BCUT2D eigenvalue weighted by Crippen LogP contribution is 2.07. The first kappa shape index (κ1) is 17.2. The number of amides is 1. The van der Waals surface area contributed by atoms with E-state index in [0.29, 0.717) is 19.8 Å². The van der Waals surface area contributed by atoms with Crippen molar-refractivity contribution >= 4 is 11.9 Å². The number of hydrogen-bond donors (Lipinski definition) is 1. The largest absolute Gasteiger partial charge is 0.477 e. The summed E-state index contributed by atoms with van der Waals surface area (Å²) in [6.07, 6.45) is 1.58. The average Bonchev–Trinajstić information content (AvgIpc) is 2.87. The van der Waals surface area contributed by atoms with Gasteiger partial charge in [0.1, 0.15) is 12.2 Å². The fraction of sp³-hybridized carbons (Fsp3) is 0.571. The number of ether oxygens (including phenoxy) is 2. The second kappa shape index (κ2) is 8.43. The maximum absolute atomic E-state index is 12.4. The molecule has 1 N–H and O–H groups in total. The lowest BCUT2D eigenvalue weighted by molar-refractivity contribution is -0.135. The maximum Gasteiger partial charge on any atom is 0.352 e. The minimum Gasteiger partial charge on any atom is -0.477 e. The number of aromatic nitrogens is 1. The third kappa shape index (κ3) is 4.87. The van der Waals surface area contributed by atoms with Crippen molar-refractivity contribution in [2.75, 3.05) is 34.0 Å². The van der Waals surface area contributed by atoms with Crippen molar-refractivity contribution in [3.8, 4) is 0 Å². The standard InChI is InChI=1S/C14H22N2O5/c1-11(10-21-3)16(7-8-20-2)13(17)9-15-6-4-5-12(15)14(18)19/h4-6,11H,7-10H2,1-3H3,(H,18,19). The van der Waals surface area contributed by atoms with E-state index in [1.54, 1.807) is 31.4 Å². The third-order valence-electron chi connectivity index (χ3n) is 3.15. The number of aromatic carboxylic acids is 1. The molecule has 0 aliphatic rings. The topological polar surface area (TPSA) is 81.0 Å². The van der Waals surface area contributed by atoms with Gasteiger partial charge in [-0.3, -0.25) is 4.79 Å². The van der Waals surface area contributed by atoms with Gasteiger partial charge in [-0.05, 0) is 19.1 Å². The summed E-state index contributed by atoms with van der Waals surface area (Å²) in [4.78, 5) is 25.1. The fourth-order valence-corrected chi connectivity index (χ4v) is 2.09. The lowest BCUT2D eigenvalue weighted by Crippen LogP contribution is -2.44. The predicted octanol–water partition coefficient (Wildman–Crippen LogP) is 0.696. The molecule has 0 saturated carbocycles. The van der Waals surface area contributed by atoms with Gasteiger partial charge in [-0.1, -0.05) is 0 Å². The van der Waals surface area contributed by atoms with E-state index in [1.165, 1.54) is 10.6 Å². The van der Waals surface area contributed by atoms with E-state index in [2.05, 4.69) is 0 Å². The van der Waals surface area contributed by atoms with E-state index in [1.807, 2.05) is 6.92 Å². The number of methoxy groups -OCH3 is 2. The van der Waals surface area contributed by atoms with Crippen LogP contribution in [0.5, 0.6) is 0 Å². The average molecular weight is 298 g/mol. The minimum atomic E-state index is -1.05. The van der Waals surface area contributed by atoms with Crippen molar-refractivity contribution in [2.24, 2.45) is 0 Å². The smallest absolute Gasteiger partial charge is 0.352 e. The van der Waals surface area contributed by atoms with Gasteiger partial charge in [0.05, 0.1) is 19.3 Å². The van der Waals surface area contributed by atoms with Crippen LogP contribution < -0.4 is 0 Å². The Balaban J connectivity index is 2.79. The summed E-state index contributed by atoms with van der Waals surface area (Å²) in [5.74, 6) is -1.23. The van der Waals surface area contributed by atoms with Crippen LogP contribution in [-0.4, -0.2) is 66.5 Å². The first-order chi connectivity index (χ1) is 10.0. The van der Waals surface area contributed by atoms with E-state index in [0.717, 1.165) is 0 Å². The Bertz CT molecular complexity index is 472. The molecule has 7 nitrogen and oxygen atoms in total. The monoisotopic (exact) mass is 298 g/mol. The van der Waals surface area contributed by atoms with Crippen LogP contribution in [0.3, 0.4) is 0 Å². The highest BCUT2D eigenvalue weighted by Gasteiger charge is 2.21. The van der Waals surface area contributed by atoms with Gasteiger partial charge in [-0.2, -0.15) is 0 Å². The van der Waals surface area contributed by atoms with Gasteiger partial charge in [-0.25, -0.2) is 4.79 Å². The van der Waals surface area contributed by atoms with Crippen LogP contribution in [0.25, 0.3) is 0 Å². The van der Waals surface area contributed by atoms with E-state index >= 15 is 0 Å². The highest BCUT2D eigenvalue weighted by molar-refractivity contribution is 5.87. The lowest BCUT2D eigenvalue weighted by atomic mass is 10.3. The molecule has 0 aliphatic carbocycles. The molecule has 0 fully saturated rings. The molecule has 1 unspecified atom stereocenters. The number of nitrogens with zero attached hydrogens (tertiary/aromatic N) is 2. The summed E-state index contributed by atoms with van der Waals surface area (Å²) in [6.45, 7) is 3.12. The van der Waals surface area contributed by atoms with Crippen molar-refractivity contribution in [3.05, 3.63) is 24.0 Å². The molecule has 21 heavy (non-hydrogen) atoms. The zero-order valence-corrected chi connectivity index (χ0v) is 12.6. The molecular weight excluding hydrogens is 276 g/mol. The molecule has 0 bridgehead atoms. The first-order valence-electron chi connectivity index (χ1n) is 6.67. The minimum absolute atomic E-state index is 0.0214. The van der Waals surface area contributed by atoms with Gasteiger partial charge in [0.15, 0.2) is 0 Å². The van der Waals surface area contributed by atoms with Crippen molar-refractivity contribution in [3.63, 3.8) is 0 Å². The Morgan fingerprint density at radius 3 is 2.67 bits per heavy atom. The summed E-state index contributed by atoms with van der Waals surface area (Å²) >= 11 is 0. The van der Waals surface area contributed by atoms with Crippen molar-refractivity contribution in [2.45, 2.75) is 19.5 Å². The van der Waals surface area contributed by atoms with Crippen LogP contribution >= 0.6 is 0 Å². The Morgan fingerprint density at radius 2 is 2.10 bits per heavy atom. The molecule has 0 aliphatic heterocycles. The number of carboxylic acids is 1. The van der Waals surface area contributed by atoms with Crippen LogP contribution in [0.2, 0.25) is 0 Å². The van der Waals surface area contributed by atoms with E-state index in [9.17, 15) is 9.59 Å². The van der Waals surface area contributed by atoms with Crippen LogP contribution in [0.4, 0.5) is 0 Å². The molecule has 0 spiro atoms. The molecule has 1 heterocycles. The van der Waals surface area contributed by atoms with Gasteiger partial charge in [0, 0.05) is 27.0 Å². The number of hydrogen-bond acceptors (Lipinski definition) is 4. The summed E-state index contributed by atoms with van der Waals surface area (Å²) in [5.41, 5.74) is 0.0921. The number of rotatable bonds is 9. The van der Waals surface area contributed by atoms with Crippen LogP contribution in [-0.2, 0) is 20.8 Å². The Hall–Kier alpha value is -1.86. The van der Waals surface area contributed by atoms with Gasteiger partial charge in [0.25, 0.3) is 0 Å². The van der Waals surface area contributed by atoms with Crippen molar-refractivity contribution < 1.29 is 24.2 Å². The lowest BCUT2D eigenvalue weighted by Gasteiger charge is -2.29. The fourth-order valence-electron chi connectivity index (χ4n) is 2.09. The van der Waals surface area contributed by atoms with E-state index < -0.39 is 5.97 Å². The van der Waals surface area contributed by atoms with Gasteiger partial charge >= 0.3 is 5.97 Å². The summed E-state index contributed by atoms with van der Waals surface area (Å²) in [5, 5.41) is 9.06. The molecule has 1 aromatic heterocycles. The SMILES string of the molecule is COCCN(C(=O)Cn1cccc1C(=O)O)C(C)COC. The molecular formula is C14H22N2O5. The zero-order valence-electron chi connectivity index (χ0n) is 12.6. The molecule has 0 saturated heterocycles. The summed E-state index contributed by atoms with van der Waals surface area (Å²) in [6, 6.07) is 2.96. The molecule has 1 atom stereocenters. The summed E-state index contributed by atoms with van der Waals surface area (Å²) < 4.78 is 11.5. The molecule has 0 aromatic carbocycles. The molecule has 118 valence electrons. The predicted molar refractivity (Wildman–Crippen MR) is 76.3 cm³/mol. The summed E-state index contributed by atoms with van der Waals surface area (Å²) in [7, 11) is 3.14. The van der Waals surface area contributed by atoms with Gasteiger partial charge in [-0.15, -0.1) is 0 Å². The zero-order chi connectivity index (χ0) is 15.8. The van der Waals surface area contributed by atoms with Crippen molar-refractivity contribution in [1.29, 1.82) is 0 Å². The van der Waals surface area contributed by atoms with Crippen LogP contribution in [0, 0.1) is 0 Å². The normalized spacial score (nSPS) is 12.1. The Kier molecular flexibility index (Phi) is 6.90. The molecule has 0 radical (unpaired) electrons. The van der Waals surface area contributed by atoms with Crippen LogP contribution in [0.1, 0.15) is 17.4 Å². The number of carboxylic acid groups (broad SMARTS) is 1. The van der Waals surface area contributed by atoms with Crippen molar-refractivity contribution in [1.82, 2.24) is 9.47 Å². The number of carbonyl (C=O) groups is 2. The van der Waals surface area contributed by atoms with Crippen LogP contribution in [0.15, 0.2) is 18.3 Å². The Labute approximate surface area is 124 Å².